The molecule has 8 nitrogen and oxygen atoms in total. The predicted octanol–water partition coefficient (Wildman–Crippen LogP) is 5.04. The van der Waals surface area contributed by atoms with Crippen molar-refractivity contribution in [3.05, 3.63) is 84.4 Å². The molecule has 0 saturated heterocycles. The second-order valence-corrected chi connectivity index (χ2v) is 8.53. The van der Waals surface area contributed by atoms with Crippen LogP contribution in [0.2, 0.25) is 0 Å². The fourth-order valence-electron chi connectivity index (χ4n) is 4.02. The van der Waals surface area contributed by atoms with Crippen molar-refractivity contribution in [3.8, 4) is 5.75 Å². The van der Waals surface area contributed by atoms with Gasteiger partial charge < -0.3 is 25.6 Å². The average Bonchev–Trinajstić information content (AvgIpc) is 2.91. The van der Waals surface area contributed by atoms with E-state index in [1.54, 1.807) is 53.4 Å². The molecule has 1 unspecified atom stereocenters. The van der Waals surface area contributed by atoms with E-state index < -0.39 is 6.10 Å². The third-order valence-electron chi connectivity index (χ3n) is 6.06. The highest BCUT2D eigenvalue weighted by atomic mass is 16.5. The number of urea groups is 1. The third-order valence-corrected chi connectivity index (χ3v) is 6.06. The maximum Gasteiger partial charge on any atom is 0.323 e. The van der Waals surface area contributed by atoms with E-state index in [0.29, 0.717) is 28.4 Å². The van der Waals surface area contributed by atoms with Gasteiger partial charge in [0.05, 0.1) is 12.2 Å². The summed E-state index contributed by atoms with van der Waals surface area (Å²) in [5, 5.41) is 8.52. The molecule has 0 saturated carbocycles. The van der Waals surface area contributed by atoms with Crippen LogP contribution in [0.3, 0.4) is 0 Å². The molecule has 3 N–H and O–H groups in total. The molecule has 1 aliphatic rings. The molecule has 1 heterocycles. The van der Waals surface area contributed by atoms with Gasteiger partial charge in [-0.2, -0.15) is 0 Å². The molecular weight excluding hydrogens is 456 g/mol. The van der Waals surface area contributed by atoms with Crippen molar-refractivity contribution in [2.24, 2.45) is 0 Å². The second-order valence-electron chi connectivity index (χ2n) is 8.53. The molecule has 0 aromatic heterocycles. The predicted molar refractivity (Wildman–Crippen MR) is 141 cm³/mol. The Bertz CT molecular complexity index is 1210. The number of ether oxygens (including phenoxy) is 1. The Morgan fingerprint density at radius 1 is 0.861 bits per heavy atom. The third kappa shape index (κ3) is 5.83. The lowest BCUT2D eigenvalue weighted by molar-refractivity contribution is -0.128. The Morgan fingerprint density at radius 3 is 2.14 bits per heavy atom. The summed E-state index contributed by atoms with van der Waals surface area (Å²) in [4.78, 5) is 40.2. The summed E-state index contributed by atoms with van der Waals surface area (Å²) in [7, 11) is 0. The Balaban J connectivity index is 1.47. The number of carbonyl (C=O) groups excluding carboxylic acids is 3. The summed E-state index contributed by atoms with van der Waals surface area (Å²) in [6, 6.07) is 22.6. The number of nitrogens with zero attached hydrogens (tertiary/aromatic N) is 1. The monoisotopic (exact) mass is 486 g/mol. The quantitative estimate of drug-likeness (QED) is 0.435. The molecule has 0 spiro atoms. The zero-order chi connectivity index (χ0) is 25.5. The molecule has 36 heavy (non-hydrogen) atoms. The van der Waals surface area contributed by atoms with Gasteiger partial charge in [-0.15, -0.1) is 0 Å². The minimum atomic E-state index is -0.813. The lowest BCUT2D eigenvalue weighted by Crippen LogP contribution is -2.52. The summed E-state index contributed by atoms with van der Waals surface area (Å²) >= 11 is 0. The van der Waals surface area contributed by atoms with Gasteiger partial charge in [0.2, 0.25) is 0 Å². The van der Waals surface area contributed by atoms with Crippen LogP contribution < -0.4 is 25.6 Å². The van der Waals surface area contributed by atoms with Gasteiger partial charge >= 0.3 is 6.03 Å². The number of para-hydroxylation sites is 3. The number of nitrogens with one attached hydrogen (secondary N) is 3. The molecule has 0 radical (unpaired) electrons. The first-order valence-corrected chi connectivity index (χ1v) is 12.1. The zero-order valence-corrected chi connectivity index (χ0v) is 20.4. The van der Waals surface area contributed by atoms with E-state index in [9.17, 15) is 14.4 Å². The van der Waals surface area contributed by atoms with Crippen LogP contribution in [-0.4, -0.2) is 36.5 Å². The highest BCUT2D eigenvalue weighted by Crippen LogP contribution is 2.34. The van der Waals surface area contributed by atoms with Gasteiger partial charge in [-0.3, -0.25) is 9.59 Å². The number of carbonyl (C=O) groups is 3. The highest BCUT2D eigenvalue weighted by Gasteiger charge is 2.34. The number of fused-ring (bicyclic) bond motifs is 1. The molecular formula is C28H30N4O4. The van der Waals surface area contributed by atoms with Gasteiger partial charge in [-0.1, -0.05) is 44.2 Å². The summed E-state index contributed by atoms with van der Waals surface area (Å²) in [6.07, 6.45) is 0.822. The molecule has 0 fully saturated rings. The van der Waals surface area contributed by atoms with Crippen LogP contribution in [0.25, 0.3) is 0 Å². The standard InChI is InChI=1S/C28H30N4O4/c1-3-20(4-2)29-26(33)25-18-32(23-12-8-9-13-24(23)36-25)27(34)19-14-16-22(17-15-19)31-28(35)30-21-10-6-5-7-11-21/h5-17,20,25H,3-4,18H2,1-2H3,(H,29,33)(H2,30,31,35). The van der Waals surface area contributed by atoms with Crippen LogP contribution in [0.1, 0.15) is 37.0 Å². The van der Waals surface area contributed by atoms with Gasteiger partial charge in [-0.25, -0.2) is 4.79 Å². The van der Waals surface area contributed by atoms with Gasteiger partial charge in [0.15, 0.2) is 6.10 Å². The maximum atomic E-state index is 13.5. The molecule has 3 aromatic rings. The summed E-state index contributed by atoms with van der Waals surface area (Å²) in [5.41, 5.74) is 2.26. The lowest BCUT2D eigenvalue weighted by atomic mass is 10.1. The molecule has 1 atom stereocenters. The summed E-state index contributed by atoms with van der Waals surface area (Å²) in [5.74, 6) is -0.0102. The van der Waals surface area contributed by atoms with Crippen molar-refractivity contribution in [1.82, 2.24) is 5.32 Å². The van der Waals surface area contributed by atoms with Crippen molar-refractivity contribution >= 4 is 34.9 Å². The Labute approximate surface area is 210 Å². The van der Waals surface area contributed by atoms with Crippen LogP contribution >= 0.6 is 0 Å². The van der Waals surface area contributed by atoms with E-state index in [0.717, 1.165) is 12.8 Å². The number of amides is 4. The lowest BCUT2D eigenvalue weighted by Gasteiger charge is -2.34. The van der Waals surface area contributed by atoms with Crippen molar-refractivity contribution in [3.63, 3.8) is 0 Å². The molecule has 4 rings (SSSR count). The van der Waals surface area contributed by atoms with E-state index in [1.165, 1.54) is 0 Å². The summed E-state index contributed by atoms with van der Waals surface area (Å²) in [6.45, 7) is 4.14. The fraction of sp³-hybridized carbons (Fsp3) is 0.250. The Hall–Kier alpha value is -4.33. The largest absolute Gasteiger partial charge is 0.477 e. The van der Waals surface area contributed by atoms with E-state index in [2.05, 4.69) is 16.0 Å². The van der Waals surface area contributed by atoms with Crippen molar-refractivity contribution < 1.29 is 19.1 Å². The SMILES string of the molecule is CCC(CC)NC(=O)C1CN(C(=O)c2ccc(NC(=O)Nc3ccccc3)cc2)c2ccccc2O1. The average molecular weight is 487 g/mol. The first kappa shape index (κ1) is 24.8. The first-order valence-electron chi connectivity index (χ1n) is 12.1. The van der Waals surface area contributed by atoms with Crippen molar-refractivity contribution in [1.29, 1.82) is 0 Å². The first-order chi connectivity index (χ1) is 17.5. The van der Waals surface area contributed by atoms with Crippen LogP contribution in [-0.2, 0) is 4.79 Å². The van der Waals surface area contributed by atoms with E-state index in [4.69, 9.17) is 4.74 Å². The summed E-state index contributed by atoms with van der Waals surface area (Å²) < 4.78 is 5.95. The van der Waals surface area contributed by atoms with E-state index >= 15 is 0 Å². The second kappa shape index (κ2) is 11.4. The van der Waals surface area contributed by atoms with Gasteiger partial charge in [0.25, 0.3) is 11.8 Å². The highest BCUT2D eigenvalue weighted by molar-refractivity contribution is 6.08. The van der Waals surface area contributed by atoms with Crippen molar-refractivity contribution in [2.45, 2.75) is 38.8 Å². The normalized spacial score (nSPS) is 14.4. The van der Waals surface area contributed by atoms with E-state index in [-0.39, 0.29) is 30.4 Å². The molecule has 3 aromatic carbocycles. The Kier molecular flexibility index (Phi) is 7.85. The van der Waals surface area contributed by atoms with Crippen LogP contribution in [0.5, 0.6) is 5.75 Å². The smallest absolute Gasteiger partial charge is 0.323 e. The van der Waals surface area contributed by atoms with E-state index in [1.807, 2.05) is 44.2 Å². The van der Waals surface area contributed by atoms with Gasteiger partial charge in [-0.05, 0) is 61.4 Å². The molecule has 8 heteroatoms. The molecule has 0 bridgehead atoms. The zero-order valence-electron chi connectivity index (χ0n) is 20.4. The minimum absolute atomic E-state index is 0.0570. The molecule has 1 aliphatic heterocycles. The maximum absolute atomic E-state index is 13.5. The molecule has 0 aliphatic carbocycles. The number of anilines is 3. The van der Waals surface area contributed by atoms with Crippen LogP contribution in [0.15, 0.2) is 78.9 Å². The van der Waals surface area contributed by atoms with Crippen LogP contribution in [0, 0.1) is 0 Å². The molecule has 186 valence electrons. The fourth-order valence-corrected chi connectivity index (χ4v) is 4.02. The number of rotatable bonds is 7. The minimum Gasteiger partial charge on any atom is -0.477 e. The Morgan fingerprint density at radius 2 is 1.47 bits per heavy atom. The number of hydrogen-bond donors (Lipinski definition) is 3. The molecule has 4 amide bonds. The number of hydrogen-bond acceptors (Lipinski definition) is 4. The van der Waals surface area contributed by atoms with Gasteiger partial charge in [0, 0.05) is 23.0 Å². The topological polar surface area (TPSA) is 99.8 Å². The van der Waals surface area contributed by atoms with Crippen LogP contribution in [0.4, 0.5) is 21.9 Å². The van der Waals surface area contributed by atoms with Crippen molar-refractivity contribution in [2.75, 3.05) is 22.1 Å². The van der Waals surface area contributed by atoms with Gasteiger partial charge in [0.1, 0.15) is 5.75 Å². The number of benzene rings is 3.